The van der Waals surface area contributed by atoms with E-state index in [4.69, 9.17) is 15.9 Å². The lowest BCUT2D eigenvalue weighted by Gasteiger charge is -2.12. The number of benzene rings is 2. The number of imide groups is 1. The molecule has 1 saturated heterocycles. The van der Waals surface area contributed by atoms with E-state index in [2.05, 4.69) is 5.92 Å². The van der Waals surface area contributed by atoms with Gasteiger partial charge in [0.1, 0.15) is 6.61 Å². The highest BCUT2D eigenvalue weighted by molar-refractivity contribution is 8.18. The second-order valence-corrected chi connectivity index (χ2v) is 7.55. The van der Waals surface area contributed by atoms with Crippen LogP contribution in [0.2, 0.25) is 0 Å². The summed E-state index contributed by atoms with van der Waals surface area (Å²) in [5.74, 6) is 3.25. The predicted octanol–water partition coefficient (Wildman–Crippen LogP) is 4.77. The SMILES string of the molecule is C#CCOc1ccc(/C=C2/SC(=O)N(CCCc3ccccc3)C2=O)cc1OCC. The predicted molar refractivity (Wildman–Crippen MR) is 119 cm³/mol. The number of ether oxygens (including phenoxy) is 2. The summed E-state index contributed by atoms with van der Waals surface area (Å²) < 4.78 is 11.1. The maximum Gasteiger partial charge on any atom is 0.293 e. The zero-order valence-electron chi connectivity index (χ0n) is 16.8. The smallest absolute Gasteiger partial charge is 0.293 e. The molecule has 1 aliphatic heterocycles. The van der Waals surface area contributed by atoms with Gasteiger partial charge >= 0.3 is 0 Å². The van der Waals surface area contributed by atoms with Crippen molar-refractivity contribution >= 4 is 29.0 Å². The Morgan fingerprint density at radius 1 is 1.10 bits per heavy atom. The fraction of sp³-hybridized carbons (Fsp3) is 0.250. The molecule has 1 fully saturated rings. The molecule has 0 aliphatic carbocycles. The first-order valence-electron chi connectivity index (χ1n) is 9.74. The molecule has 1 heterocycles. The molecule has 0 unspecified atom stereocenters. The monoisotopic (exact) mass is 421 g/mol. The van der Waals surface area contributed by atoms with Gasteiger partial charge in [-0.2, -0.15) is 0 Å². The van der Waals surface area contributed by atoms with Gasteiger partial charge in [0.25, 0.3) is 11.1 Å². The molecule has 0 saturated carbocycles. The van der Waals surface area contributed by atoms with Crippen LogP contribution in [-0.2, 0) is 11.2 Å². The normalized spacial score (nSPS) is 14.8. The van der Waals surface area contributed by atoms with Gasteiger partial charge in [0.05, 0.1) is 11.5 Å². The largest absolute Gasteiger partial charge is 0.490 e. The van der Waals surface area contributed by atoms with E-state index in [0.717, 1.165) is 30.2 Å². The standard InChI is InChI=1S/C24H23NO4S/c1-3-15-29-20-13-12-19(16-21(20)28-4-2)17-22-23(26)25(24(27)30-22)14-8-11-18-9-6-5-7-10-18/h1,5-7,9-10,12-13,16-17H,4,8,11,14-15H2,2H3/b22-17+. The Morgan fingerprint density at radius 2 is 1.90 bits per heavy atom. The Labute approximate surface area is 181 Å². The molecule has 2 amide bonds. The van der Waals surface area contributed by atoms with Crippen LogP contribution in [0.1, 0.15) is 24.5 Å². The van der Waals surface area contributed by atoms with Gasteiger partial charge < -0.3 is 9.47 Å². The number of terminal acetylenes is 1. The molecular formula is C24H23NO4S. The van der Waals surface area contributed by atoms with Gasteiger partial charge in [0.15, 0.2) is 11.5 Å². The quantitative estimate of drug-likeness (QED) is 0.431. The number of aryl methyl sites for hydroxylation is 1. The first-order valence-corrected chi connectivity index (χ1v) is 10.6. The topological polar surface area (TPSA) is 55.8 Å². The van der Waals surface area contributed by atoms with Crippen LogP contribution in [0, 0.1) is 12.3 Å². The Morgan fingerprint density at radius 3 is 2.63 bits per heavy atom. The van der Waals surface area contributed by atoms with Crippen molar-refractivity contribution < 1.29 is 19.1 Å². The summed E-state index contributed by atoms with van der Waals surface area (Å²) in [7, 11) is 0. The van der Waals surface area contributed by atoms with Crippen LogP contribution in [0.4, 0.5) is 4.79 Å². The van der Waals surface area contributed by atoms with Gasteiger partial charge in [-0.25, -0.2) is 0 Å². The van der Waals surface area contributed by atoms with Crippen LogP contribution in [0.5, 0.6) is 11.5 Å². The highest BCUT2D eigenvalue weighted by atomic mass is 32.2. The molecule has 2 aromatic rings. The van der Waals surface area contributed by atoms with Crippen LogP contribution in [0.15, 0.2) is 53.4 Å². The molecule has 1 aliphatic rings. The lowest BCUT2D eigenvalue weighted by atomic mass is 10.1. The fourth-order valence-corrected chi connectivity index (χ4v) is 3.92. The van der Waals surface area contributed by atoms with E-state index >= 15 is 0 Å². The first-order chi connectivity index (χ1) is 14.6. The fourth-order valence-electron chi connectivity index (χ4n) is 3.05. The van der Waals surface area contributed by atoms with Crippen molar-refractivity contribution in [2.24, 2.45) is 0 Å². The van der Waals surface area contributed by atoms with E-state index in [1.54, 1.807) is 24.3 Å². The molecule has 0 bridgehead atoms. The van der Waals surface area contributed by atoms with Crippen molar-refractivity contribution in [2.75, 3.05) is 19.8 Å². The minimum atomic E-state index is -0.260. The third-order valence-electron chi connectivity index (χ3n) is 4.44. The number of carbonyl (C=O) groups is 2. The second kappa shape index (κ2) is 10.6. The summed E-state index contributed by atoms with van der Waals surface area (Å²) in [4.78, 5) is 26.8. The van der Waals surface area contributed by atoms with Crippen molar-refractivity contribution in [3.05, 3.63) is 64.6 Å². The molecule has 0 radical (unpaired) electrons. The van der Waals surface area contributed by atoms with Crippen molar-refractivity contribution in [3.8, 4) is 23.8 Å². The molecule has 0 atom stereocenters. The molecule has 0 N–H and O–H groups in total. The third-order valence-corrected chi connectivity index (χ3v) is 5.35. The Kier molecular flexibility index (Phi) is 7.58. The average molecular weight is 422 g/mol. The summed E-state index contributed by atoms with van der Waals surface area (Å²) in [6.45, 7) is 2.88. The van der Waals surface area contributed by atoms with Gasteiger partial charge in [0.2, 0.25) is 0 Å². The molecule has 0 spiro atoms. The van der Waals surface area contributed by atoms with Crippen molar-refractivity contribution in [3.63, 3.8) is 0 Å². The van der Waals surface area contributed by atoms with E-state index in [0.29, 0.717) is 29.6 Å². The molecule has 5 nitrogen and oxygen atoms in total. The van der Waals surface area contributed by atoms with E-state index in [9.17, 15) is 9.59 Å². The summed E-state index contributed by atoms with van der Waals surface area (Å²) in [6.07, 6.45) is 8.50. The minimum Gasteiger partial charge on any atom is -0.490 e. The molecule has 2 aromatic carbocycles. The minimum absolute atomic E-state index is 0.140. The summed E-state index contributed by atoms with van der Waals surface area (Å²) in [5.41, 5.74) is 1.94. The molecular weight excluding hydrogens is 398 g/mol. The van der Waals surface area contributed by atoms with Crippen LogP contribution in [0.3, 0.4) is 0 Å². The van der Waals surface area contributed by atoms with Crippen LogP contribution in [0.25, 0.3) is 6.08 Å². The zero-order valence-corrected chi connectivity index (χ0v) is 17.6. The molecule has 0 aromatic heterocycles. The first kappa shape index (κ1) is 21.5. The summed E-state index contributed by atoms with van der Waals surface area (Å²) in [5, 5.41) is -0.238. The number of carbonyl (C=O) groups excluding carboxylic acids is 2. The molecule has 154 valence electrons. The van der Waals surface area contributed by atoms with Gasteiger partial charge in [-0.15, -0.1) is 6.42 Å². The number of rotatable bonds is 9. The lowest BCUT2D eigenvalue weighted by molar-refractivity contribution is -0.122. The summed E-state index contributed by atoms with van der Waals surface area (Å²) in [6, 6.07) is 15.3. The maximum absolute atomic E-state index is 12.7. The highest BCUT2D eigenvalue weighted by Crippen LogP contribution is 2.34. The molecule has 30 heavy (non-hydrogen) atoms. The number of thioether (sulfide) groups is 1. The Bertz CT molecular complexity index is 978. The van der Waals surface area contributed by atoms with Crippen LogP contribution >= 0.6 is 11.8 Å². The van der Waals surface area contributed by atoms with E-state index in [-0.39, 0.29) is 17.8 Å². The number of amides is 2. The third kappa shape index (κ3) is 5.46. The van der Waals surface area contributed by atoms with Gasteiger partial charge in [-0.1, -0.05) is 42.3 Å². The Balaban J connectivity index is 1.68. The zero-order chi connectivity index (χ0) is 21.3. The number of hydrogen-bond donors (Lipinski definition) is 0. The van der Waals surface area contributed by atoms with E-state index < -0.39 is 0 Å². The molecule has 3 rings (SSSR count). The van der Waals surface area contributed by atoms with E-state index in [1.807, 2.05) is 37.3 Å². The lowest BCUT2D eigenvalue weighted by Crippen LogP contribution is -2.29. The van der Waals surface area contributed by atoms with Gasteiger partial charge in [-0.05, 0) is 60.9 Å². The van der Waals surface area contributed by atoms with Gasteiger partial charge in [-0.3, -0.25) is 14.5 Å². The average Bonchev–Trinajstić information content (AvgIpc) is 3.01. The highest BCUT2D eigenvalue weighted by Gasteiger charge is 2.34. The van der Waals surface area contributed by atoms with Crippen molar-refractivity contribution in [1.82, 2.24) is 4.90 Å². The van der Waals surface area contributed by atoms with Gasteiger partial charge in [0, 0.05) is 6.54 Å². The number of hydrogen-bond acceptors (Lipinski definition) is 5. The van der Waals surface area contributed by atoms with Crippen LogP contribution in [-0.4, -0.2) is 35.8 Å². The molecule has 6 heteroatoms. The summed E-state index contributed by atoms with van der Waals surface area (Å²) >= 11 is 0.960. The number of nitrogens with zero attached hydrogens (tertiary/aromatic N) is 1. The van der Waals surface area contributed by atoms with Crippen LogP contribution < -0.4 is 9.47 Å². The maximum atomic E-state index is 12.7. The Hall–Kier alpha value is -3.17. The van der Waals surface area contributed by atoms with Crippen molar-refractivity contribution in [2.45, 2.75) is 19.8 Å². The van der Waals surface area contributed by atoms with Crippen molar-refractivity contribution in [1.29, 1.82) is 0 Å². The second-order valence-electron chi connectivity index (χ2n) is 6.55. The van der Waals surface area contributed by atoms with E-state index in [1.165, 1.54) is 10.5 Å².